The molecule has 2 fully saturated rings. The largest absolute Gasteiger partial charge is 0.377 e. The van der Waals surface area contributed by atoms with Crippen molar-refractivity contribution in [1.82, 2.24) is 10.0 Å². The summed E-state index contributed by atoms with van der Waals surface area (Å²) in [6.45, 7) is 2.69. The molecule has 2 saturated heterocycles. The first-order valence-corrected chi connectivity index (χ1v) is 7.54. The van der Waals surface area contributed by atoms with Crippen LogP contribution >= 0.6 is 0 Å². The third-order valence-corrected chi connectivity index (χ3v) is 5.08. The van der Waals surface area contributed by atoms with E-state index >= 15 is 0 Å². The molecule has 2 unspecified atom stereocenters. The molecule has 6 heteroatoms. The number of rotatable bonds is 4. The second-order valence-electron chi connectivity index (χ2n) is 4.50. The van der Waals surface area contributed by atoms with Gasteiger partial charge in [-0.25, -0.2) is 13.1 Å². The normalized spacial score (nSPS) is 31.8. The Morgan fingerprint density at radius 1 is 1.31 bits per heavy atom. The van der Waals surface area contributed by atoms with E-state index in [4.69, 9.17) is 4.74 Å². The highest BCUT2D eigenvalue weighted by Gasteiger charge is 2.28. The van der Waals surface area contributed by atoms with Gasteiger partial charge in [-0.15, -0.1) is 0 Å². The van der Waals surface area contributed by atoms with Crippen molar-refractivity contribution in [3.63, 3.8) is 0 Å². The van der Waals surface area contributed by atoms with Gasteiger partial charge in [0, 0.05) is 19.7 Å². The van der Waals surface area contributed by atoms with Gasteiger partial charge in [-0.3, -0.25) is 0 Å². The zero-order valence-corrected chi connectivity index (χ0v) is 10.3. The fourth-order valence-corrected chi connectivity index (χ4v) is 3.69. The molecule has 2 aliphatic rings. The maximum atomic E-state index is 11.9. The Bertz CT molecular complexity index is 306. The highest BCUT2D eigenvalue weighted by molar-refractivity contribution is 7.90. The summed E-state index contributed by atoms with van der Waals surface area (Å²) in [5.74, 6) is 0. The van der Waals surface area contributed by atoms with Gasteiger partial charge in [-0.05, 0) is 32.2 Å². The number of nitrogens with one attached hydrogen (secondary N) is 2. The van der Waals surface area contributed by atoms with E-state index in [0.29, 0.717) is 13.1 Å². The summed E-state index contributed by atoms with van der Waals surface area (Å²) in [6, 6.07) is 0. The maximum absolute atomic E-state index is 11.9. The molecule has 0 aromatic heterocycles. The molecule has 2 N–H and O–H groups in total. The topological polar surface area (TPSA) is 67.4 Å². The number of ether oxygens (including phenoxy) is 1. The highest BCUT2D eigenvalue weighted by atomic mass is 32.2. The molecule has 0 aromatic rings. The van der Waals surface area contributed by atoms with Gasteiger partial charge in [0.2, 0.25) is 10.0 Å². The van der Waals surface area contributed by atoms with Crippen molar-refractivity contribution in [2.24, 2.45) is 0 Å². The summed E-state index contributed by atoms with van der Waals surface area (Å²) in [5.41, 5.74) is 0. The van der Waals surface area contributed by atoms with E-state index in [0.717, 1.165) is 38.8 Å². The van der Waals surface area contributed by atoms with Crippen LogP contribution in [0.25, 0.3) is 0 Å². The molecule has 2 heterocycles. The lowest BCUT2D eigenvalue weighted by Gasteiger charge is -2.23. The van der Waals surface area contributed by atoms with Crippen LogP contribution in [0.4, 0.5) is 0 Å². The third-order valence-electron chi connectivity index (χ3n) is 3.23. The molecule has 0 aromatic carbocycles. The zero-order chi connectivity index (χ0) is 11.4. The standard InChI is InChI=1S/C10H20N2O3S/c13-16(14,10-4-1-5-11-8-10)12-7-9-3-2-6-15-9/h9-12H,1-8H2. The van der Waals surface area contributed by atoms with Crippen LogP contribution in [0.1, 0.15) is 25.7 Å². The van der Waals surface area contributed by atoms with Gasteiger partial charge >= 0.3 is 0 Å². The van der Waals surface area contributed by atoms with Crippen molar-refractivity contribution in [2.75, 3.05) is 26.2 Å². The predicted octanol–water partition coefficient (Wildman–Crippen LogP) is -0.163. The molecule has 0 aliphatic carbocycles. The molecule has 0 bridgehead atoms. The van der Waals surface area contributed by atoms with E-state index in [1.165, 1.54) is 0 Å². The Morgan fingerprint density at radius 3 is 2.81 bits per heavy atom. The molecule has 16 heavy (non-hydrogen) atoms. The lowest BCUT2D eigenvalue weighted by molar-refractivity contribution is 0.114. The maximum Gasteiger partial charge on any atom is 0.215 e. The average Bonchev–Trinajstić information content (AvgIpc) is 2.81. The van der Waals surface area contributed by atoms with E-state index in [1.807, 2.05) is 0 Å². The summed E-state index contributed by atoms with van der Waals surface area (Å²) in [7, 11) is -3.16. The van der Waals surface area contributed by atoms with Crippen molar-refractivity contribution < 1.29 is 13.2 Å². The van der Waals surface area contributed by atoms with Crippen molar-refractivity contribution in [1.29, 1.82) is 0 Å². The van der Waals surface area contributed by atoms with Gasteiger partial charge in [0.1, 0.15) is 0 Å². The van der Waals surface area contributed by atoms with Crippen LogP contribution in [-0.4, -0.2) is 46.0 Å². The Hall–Kier alpha value is -0.170. The van der Waals surface area contributed by atoms with E-state index in [-0.39, 0.29) is 11.4 Å². The second-order valence-corrected chi connectivity index (χ2v) is 6.54. The van der Waals surface area contributed by atoms with E-state index < -0.39 is 10.0 Å². The fourth-order valence-electron chi connectivity index (χ4n) is 2.22. The summed E-state index contributed by atoms with van der Waals surface area (Å²) in [5, 5.41) is 2.84. The van der Waals surface area contributed by atoms with Gasteiger partial charge in [0.05, 0.1) is 11.4 Å². The fraction of sp³-hybridized carbons (Fsp3) is 1.00. The zero-order valence-electron chi connectivity index (χ0n) is 9.44. The summed E-state index contributed by atoms with van der Waals surface area (Å²) < 4.78 is 31.9. The second kappa shape index (κ2) is 5.44. The van der Waals surface area contributed by atoms with Gasteiger partial charge in [-0.1, -0.05) is 0 Å². The minimum absolute atomic E-state index is 0.0753. The number of hydrogen-bond donors (Lipinski definition) is 2. The van der Waals surface area contributed by atoms with Crippen LogP contribution < -0.4 is 10.0 Å². The van der Waals surface area contributed by atoms with Crippen molar-refractivity contribution in [2.45, 2.75) is 37.0 Å². The quantitative estimate of drug-likeness (QED) is 0.725. The number of piperidine rings is 1. The smallest absolute Gasteiger partial charge is 0.215 e. The van der Waals surface area contributed by atoms with Crippen LogP contribution in [0.2, 0.25) is 0 Å². The number of sulfonamides is 1. The SMILES string of the molecule is O=S(=O)(NCC1CCCO1)C1CCCNC1. The molecule has 2 atom stereocenters. The van der Waals surface area contributed by atoms with Gasteiger partial charge < -0.3 is 10.1 Å². The van der Waals surface area contributed by atoms with Crippen LogP contribution in [0, 0.1) is 0 Å². The molecule has 0 amide bonds. The molecule has 94 valence electrons. The van der Waals surface area contributed by atoms with E-state index in [9.17, 15) is 8.42 Å². The molecular formula is C10H20N2O3S. The average molecular weight is 248 g/mol. The molecule has 0 spiro atoms. The predicted molar refractivity (Wildman–Crippen MR) is 61.8 cm³/mol. The molecule has 2 aliphatic heterocycles. The van der Waals surface area contributed by atoms with Gasteiger partial charge in [0.15, 0.2) is 0 Å². The van der Waals surface area contributed by atoms with Crippen LogP contribution in [0.5, 0.6) is 0 Å². The van der Waals surface area contributed by atoms with Gasteiger partial charge in [-0.2, -0.15) is 0 Å². The lowest BCUT2D eigenvalue weighted by atomic mass is 10.2. The monoisotopic (exact) mass is 248 g/mol. The summed E-state index contributed by atoms with van der Waals surface area (Å²) in [6.07, 6.45) is 3.77. The highest BCUT2D eigenvalue weighted by Crippen LogP contribution is 2.13. The van der Waals surface area contributed by atoms with Gasteiger partial charge in [0.25, 0.3) is 0 Å². The Labute approximate surface area is 97.0 Å². The lowest BCUT2D eigenvalue weighted by Crippen LogP contribution is -2.45. The van der Waals surface area contributed by atoms with E-state index in [1.54, 1.807) is 0 Å². The Kier molecular flexibility index (Phi) is 4.18. The molecule has 2 rings (SSSR count). The summed E-state index contributed by atoms with van der Waals surface area (Å²) >= 11 is 0. The van der Waals surface area contributed by atoms with E-state index in [2.05, 4.69) is 10.0 Å². The van der Waals surface area contributed by atoms with Crippen LogP contribution in [0.3, 0.4) is 0 Å². The molecule has 0 radical (unpaired) electrons. The molecule has 5 nitrogen and oxygen atoms in total. The van der Waals surface area contributed by atoms with Crippen molar-refractivity contribution >= 4 is 10.0 Å². The first-order chi connectivity index (χ1) is 7.68. The minimum Gasteiger partial charge on any atom is -0.377 e. The number of hydrogen-bond acceptors (Lipinski definition) is 4. The minimum atomic E-state index is -3.16. The first kappa shape index (κ1) is 12.3. The van der Waals surface area contributed by atoms with Crippen LogP contribution in [0.15, 0.2) is 0 Å². The third kappa shape index (κ3) is 3.16. The molecule has 0 saturated carbocycles. The molecular weight excluding hydrogens is 228 g/mol. The van der Waals surface area contributed by atoms with Crippen molar-refractivity contribution in [3.05, 3.63) is 0 Å². The van der Waals surface area contributed by atoms with Crippen LogP contribution in [-0.2, 0) is 14.8 Å². The first-order valence-electron chi connectivity index (χ1n) is 5.99. The Morgan fingerprint density at radius 2 is 2.19 bits per heavy atom. The Balaban J connectivity index is 1.81. The van der Waals surface area contributed by atoms with Crippen molar-refractivity contribution in [3.8, 4) is 0 Å². The summed E-state index contributed by atoms with van der Waals surface area (Å²) in [4.78, 5) is 0.